The summed E-state index contributed by atoms with van der Waals surface area (Å²) in [7, 11) is 0. The van der Waals surface area contributed by atoms with Crippen LogP contribution in [0.2, 0.25) is 0 Å². The van der Waals surface area contributed by atoms with Gasteiger partial charge in [0, 0.05) is 5.75 Å². The Hall–Kier alpha value is -0.580. The number of amides is 1. The molecule has 3 nitrogen and oxygen atoms in total. The van der Waals surface area contributed by atoms with Crippen molar-refractivity contribution in [2.75, 3.05) is 5.75 Å². The van der Waals surface area contributed by atoms with Crippen LogP contribution in [-0.4, -0.2) is 16.8 Å². The molecular formula is C9H15FN2OS. The molecule has 80 valence electrons. The maximum Gasteiger partial charge on any atom is 0.232 e. The van der Waals surface area contributed by atoms with Crippen molar-refractivity contribution in [3.05, 3.63) is 0 Å². The highest BCUT2D eigenvalue weighted by molar-refractivity contribution is 8.14. The Morgan fingerprint density at radius 1 is 1.71 bits per heavy atom. The SMILES string of the molecule is CC(C)CC1(C)CS/C(=N\F)NC1=O. The average Bonchev–Trinajstić information content (AvgIpc) is 2.09. The summed E-state index contributed by atoms with van der Waals surface area (Å²) in [6.07, 6.45) is 0.811. The molecule has 0 aromatic carbocycles. The summed E-state index contributed by atoms with van der Waals surface area (Å²) >= 11 is 1.26. The highest BCUT2D eigenvalue weighted by Crippen LogP contribution is 2.33. The quantitative estimate of drug-likeness (QED) is 0.771. The van der Waals surface area contributed by atoms with Crippen molar-refractivity contribution in [1.82, 2.24) is 5.32 Å². The fourth-order valence-electron chi connectivity index (χ4n) is 1.68. The summed E-state index contributed by atoms with van der Waals surface area (Å²) in [6.45, 7) is 6.05. The molecule has 1 aliphatic heterocycles. The first-order chi connectivity index (χ1) is 6.48. The average molecular weight is 218 g/mol. The molecule has 0 aromatic rings. The van der Waals surface area contributed by atoms with Gasteiger partial charge in [-0.25, -0.2) is 0 Å². The van der Waals surface area contributed by atoms with Gasteiger partial charge in [-0.05, 0) is 19.3 Å². The number of thioether (sulfide) groups is 1. The number of nitrogens with zero attached hydrogens (tertiary/aromatic N) is 1. The van der Waals surface area contributed by atoms with Gasteiger partial charge in [0.25, 0.3) is 0 Å². The lowest BCUT2D eigenvalue weighted by molar-refractivity contribution is -0.128. The van der Waals surface area contributed by atoms with E-state index in [0.29, 0.717) is 11.7 Å². The van der Waals surface area contributed by atoms with Crippen LogP contribution in [0.1, 0.15) is 27.2 Å². The van der Waals surface area contributed by atoms with E-state index in [4.69, 9.17) is 0 Å². The Labute approximate surface area is 87.5 Å². The second-order valence-electron chi connectivity index (χ2n) is 4.29. The number of carbonyl (C=O) groups excluding carboxylic acids is 1. The fraction of sp³-hybridized carbons (Fsp3) is 0.778. The van der Waals surface area contributed by atoms with E-state index in [1.54, 1.807) is 0 Å². The highest BCUT2D eigenvalue weighted by atomic mass is 32.2. The molecule has 1 atom stereocenters. The summed E-state index contributed by atoms with van der Waals surface area (Å²) in [5.41, 5.74) is -0.396. The van der Waals surface area contributed by atoms with Gasteiger partial charge in [0.1, 0.15) is 0 Å². The van der Waals surface area contributed by atoms with Crippen LogP contribution in [0.25, 0.3) is 0 Å². The lowest BCUT2D eigenvalue weighted by Crippen LogP contribution is -2.48. The number of hydrogen-bond donors (Lipinski definition) is 1. The summed E-state index contributed by atoms with van der Waals surface area (Å²) in [6, 6.07) is 0. The number of halogens is 1. The van der Waals surface area contributed by atoms with Gasteiger partial charge in [-0.1, -0.05) is 35.3 Å². The van der Waals surface area contributed by atoms with Crippen LogP contribution in [0.4, 0.5) is 4.48 Å². The topological polar surface area (TPSA) is 41.5 Å². The van der Waals surface area contributed by atoms with Crippen LogP contribution < -0.4 is 5.32 Å². The number of hydrogen-bond acceptors (Lipinski definition) is 3. The minimum atomic E-state index is -0.396. The predicted molar refractivity (Wildman–Crippen MR) is 56.7 cm³/mol. The van der Waals surface area contributed by atoms with E-state index in [1.807, 2.05) is 6.92 Å². The van der Waals surface area contributed by atoms with E-state index >= 15 is 0 Å². The van der Waals surface area contributed by atoms with Crippen molar-refractivity contribution < 1.29 is 9.28 Å². The molecule has 0 aliphatic carbocycles. The van der Waals surface area contributed by atoms with Crippen LogP contribution in [-0.2, 0) is 4.79 Å². The van der Waals surface area contributed by atoms with Crippen molar-refractivity contribution in [2.45, 2.75) is 27.2 Å². The number of amidine groups is 1. The van der Waals surface area contributed by atoms with E-state index < -0.39 is 5.41 Å². The zero-order valence-corrected chi connectivity index (χ0v) is 9.45. The van der Waals surface area contributed by atoms with E-state index in [2.05, 4.69) is 24.4 Å². The molecule has 1 rings (SSSR count). The molecule has 0 radical (unpaired) electrons. The monoisotopic (exact) mass is 218 g/mol. The van der Waals surface area contributed by atoms with E-state index in [-0.39, 0.29) is 11.1 Å². The molecule has 0 aromatic heterocycles. The Bertz CT molecular complexity index is 268. The number of nitrogens with one attached hydrogen (secondary N) is 1. The molecule has 14 heavy (non-hydrogen) atoms. The first-order valence-corrected chi connectivity index (χ1v) is 5.60. The van der Waals surface area contributed by atoms with E-state index in [9.17, 15) is 9.28 Å². The predicted octanol–water partition coefficient (Wildman–Crippen LogP) is 2.14. The zero-order valence-electron chi connectivity index (χ0n) is 8.63. The fourth-order valence-corrected chi connectivity index (χ4v) is 2.59. The van der Waals surface area contributed by atoms with Gasteiger partial charge < -0.3 is 5.32 Å². The van der Waals surface area contributed by atoms with Gasteiger partial charge in [-0.15, -0.1) is 0 Å². The third-order valence-electron chi connectivity index (χ3n) is 2.23. The van der Waals surface area contributed by atoms with Crippen LogP contribution in [0.5, 0.6) is 0 Å². The third-order valence-corrected chi connectivity index (χ3v) is 3.46. The second-order valence-corrected chi connectivity index (χ2v) is 5.26. The van der Waals surface area contributed by atoms with Gasteiger partial charge in [-0.3, -0.25) is 4.79 Å². The van der Waals surface area contributed by atoms with Crippen LogP contribution >= 0.6 is 11.8 Å². The van der Waals surface area contributed by atoms with E-state index in [1.165, 1.54) is 11.8 Å². The molecule has 1 aliphatic rings. The van der Waals surface area contributed by atoms with Crippen LogP contribution in [0.3, 0.4) is 0 Å². The molecule has 1 unspecified atom stereocenters. The standard InChI is InChI=1S/C9H15FN2OS/c1-6(2)4-9(3)5-14-8(12-10)11-7(9)13/h6H,4-5H2,1-3H3,(H,11,12,13). The van der Waals surface area contributed by atoms with Crippen molar-refractivity contribution in [1.29, 1.82) is 0 Å². The summed E-state index contributed by atoms with van der Waals surface area (Å²) in [5.74, 6) is 0.927. The van der Waals surface area contributed by atoms with Crippen molar-refractivity contribution in [2.24, 2.45) is 16.5 Å². The molecule has 1 N–H and O–H groups in total. The normalized spacial score (nSPS) is 30.9. The Balaban J connectivity index is 2.69. The maximum atomic E-state index is 11.9. The molecule has 0 spiro atoms. The molecule has 1 fully saturated rings. The van der Waals surface area contributed by atoms with Gasteiger partial charge >= 0.3 is 0 Å². The minimum Gasteiger partial charge on any atom is -0.303 e. The van der Waals surface area contributed by atoms with E-state index in [0.717, 1.165) is 6.42 Å². The number of rotatable bonds is 2. The van der Waals surface area contributed by atoms with Crippen molar-refractivity contribution >= 4 is 22.8 Å². The smallest absolute Gasteiger partial charge is 0.232 e. The second kappa shape index (κ2) is 4.29. The molecule has 1 amide bonds. The van der Waals surface area contributed by atoms with Gasteiger partial charge in [0.2, 0.25) is 5.91 Å². The minimum absolute atomic E-state index is 0.0798. The van der Waals surface area contributed by atoms with Crippen LogP contribution in [0.15, 0.2) is 5.21 Å². The molecule has 0 bridgehead atoms. The molecular weight excluding hydrogens is 203 g/mol. The molecule has 1 heterocycles. The van der Waals surface area contributed by atoms with Crippen molar-refractivity contribution in [3.8, 4) is 0 Å². The summed E-state index contributed by atoms with van der Waals surface area (Å²) in [4.78, 5) is 11.6. The van der Waals surface area contributed by atoms with Crippen LogP contribution in [0, 0.1) is 11.3 Å². The largest absolute Gasteiger partial charge is 0.303 e. The molecule has 1 saturated heterocycles. The molecule has 5 heteroatoms. The summed E-state index contributed by atoms with van der Waals surface area (Å²) < 4.78 is 11.9. The molecule has 0 saturated carbocycles. The first kappa shape index (κ1) is 11.5. The Kier molecular flexibility index (Phi) is 3.53. The van der Waals surface area contributed by atoms with Crippen molar-refractivity contribution in [3.63, 3.8) is 0 Å². The maximum absolute atomic E-state index is 11.9. The lowest BCUT2D eigenvalue weighted by Gasteiger charge is -2.33. The van der Waals surface area contributed by atoms with Gasteiger partial charge in [-0.2, -0.15) is 0 Å². The Morgan fingerprint density at radius 2 is 2.36 bits per heavy atom. The van der Waals surface area contributed by atoms with Gasteiger partial charge in [0.15, 0.2) is 5.17 Å². The third kappa shape index (κ3) is 2.47. The first-order valence-electron chi connectivity index (χ1n) is 4.61. The van der Waals surface area contributed by atoms with Gasteiger partial charge in [0.05, 0.1) is 5.41 Å². The summed E-state index contributed by atoms with van der Waals surface area (Å²) in [5, 5.41) is 5.03. The lowest BCUT2D eigenvalue weighted by atomic mass is 9.83. The number of carbonyl (C=O) groups is 1. The Morgan fingerprint density at radius 3 is 2.79 bits per heavy atom. The highest BCUT2D eigenvalue weighted by Gasteiger charge is 2.38. The zero-order chi connectivity index (χ0) is 10.8.